The van der Waals surface area contributed by atoms with Crippen LogP contribution in [0.5, 0.6) is 0 Å². The molecule has 10 nitrogen and oxygen atoms in total. The largest absolute Gasteiger partial charge is 0.462 e. The molecule has 164 valence electrons. The molecular weight excluding hydrogens is 426 g/mol. The predicted molar refractivity (Wildman–Crippen MR) is 112 cm³/mol. The Hall–Kier alpha value is -3.47. The SMILES string of the molecule is CCOC(=O)c1c(NC(=O)c2cccc([N+](=O)[O-])c2)sc2c1CCN(C(=O)OCC)C2. The maximum absolute atomic E-state index is 12.7. The Kier molecular flexibility index (Phi) is 6.85. The Bertz CT molecular complexity index is 1030. The van der Waals surface area contributed by atoms with Crippen molar-refractivity contribution < 1.29 is 28.8 Å². The van der Waals surface area contributed by atoms with Crippen molar-refractivity contribution in [1.29, 1.82) is 0 Å². The molecule has 3 rings (SSSR count). The Labute approximate surface area is 181 Å². The van der Waals surface area contributed by atoms with Gasteiger partial charge in [-0.2, -0.15) is 0 Å². The van der Waals surface area contributed by atoms with Crippen molar-refractivity contribution in [1.82, 2.24) is 4.90 Å². The van der Waals surface area contributed by atoms with E-state index in [1.54, 1.807) is 13.8 Å². The zero-order valence-corrected chi connectivity index (χ0v) is 17.8. The van der Waals surface area contributed by atoms with Gasteiger partial charge in [0, 0.05) is 29.1 Å². The van der Waals surface area contributed by atoms with Gasteiger partial charge in [0.1, 0.15) is 5.00 Å². The van der Waals surface area contributed by atoms with Gasteiger partial charge in [0.2, 0.25) is 0 Å². The molecule has 0 atom stereocenters. The van der Waals surface area contributed by atoms with Crippen molar-refractivity contribution in [3.63, 3.8) is 0 Å². The number of carbonyl (C=O) groups excluding carboxylic acids is 3. The molecule has 11 heteroatoms. The smallest absolute Gasteiger partial charge is 0.410 e. The third-order valence-corrected chi connectivity index (χ3v) is 5.74. The van der Waals surface area contributed by atoms with Gasteiger partial charge in [-0.05, 0) is 31.9 Å². The molecule has 1 aromatic heterocycles. The first kappa shape index (κ1) is 22.2. The van der Waals surface area contributed by atoms with Crippen LogP contribution in [0.3, 0.4) is 0 Å². The standard InChI is InChI=1S/C20H21N3O7S/c1-3-29-19(25)16-14-8-9-22(20(26)30-4-2)11-15(14)31-18(16)21-17(24)12-6-5-7-13(10-12)23(27)28/h5-7,10H,3-4,8-9,11H2,1-2H3,(H,21,24). The van der Waals surface area contributed by atoms with Gasteiger partial charge in [-0.3, -0.25) is 14.9 Å². The zero-order valence-electron chi connectivity index (χ0n) is 17.0. The topological polar surface area (TPSA) is 128 Å². The van der Waals surface area contributed by atoms with E-state index in [2.05, 4.69) is 5.32 Å². The summed E-state index contributed by atoms with van der Waals surface area (Å²) in [5, 5.41) is 13.9. The van der Waals surface area contributed by atoms with E-state index in [0.29, 0.717) is 13.0 Å². The number of carbonyl (C=O) groups is 3. The molecule has 0 spiro atoms. The number of hydrogen-bond donors (Lipinski definition) is 1. The number of non-ortho nitro benzene ring substituents is 1. The lowest BCUT2D eigenvalue weighted by Gasteiger charge is -2.26. The van der Waals surface area contributed by atoms with Gasteiger partial charge in [0.25, 0.3) is 11.6 Å². The minimum absolute atomic E-state index is 0.0866. The van der Waals surface area contributed by atoms with Gasteiger partial charge in [0.05, 0.1) is 30.2 Å². The molecule has 0 aliphatic carbocycles. The molecule has 1 aromatic carbocycles. The summed E-state index contributed by atoms with van der Waals surface area (Å²) in [6.07, 6.45) is -0.0349. The molecule has 0 radical (unpaired) electrons. The third kappa shape index (κ3) is 4.82. The number of nitro benzene ring substituents is 1. The molecular formula is C20H21N3O7S. The molecule has 1 N–H and O–H groups in total. The van der Waals surface area contributed by atoms with Crippen LogP contribution in [-0.4, -0.2) is 47.6 Å². The van der Waals surface area contributed by atoms with E-state index in [-0.39, 0.29) is 41.6 Å². The number of benzene rings is 1. The minimum Gasteiger partial charge on any atom is -0.462 e. The highest BCUT2D eigenvalue weighted by Gasteiger charge is 2.31. The number of nitrogens with one attached hydrogen (secondary N) is 1. The van der Waals surface area contributed by atoms with Crippen LogP contribution >= 0.6 is 11.3 Å². The second-order valence-corrected chi connectivity index (χ2v) is 7.67. The van der Waals surface area contributed by atoms with Crippen LogP contribution in [0.2, 0.25) is 0 Å². The number of esters is 1. The molecule has 1 aliphatic heterocycles. The molecule has 0 fully saturated rings. The third-order valence-electron chi connectivity index (χ3n) is 4.61. The summed E-state index contributed by atoms with van der Waals surface area (Å²) in [5.41, 5.74) is 0.847. The Morgan fingerprint density at radius 1 is 1.23 bits per heavy atom. The molecule has 2 amide bonds. The van der Waals surface area contributed by atoms with Gasteiger partial charge in [-0.25, -0.2) is 9.59 Å². The maximum atomic E-state index is 12.7. The molecule has 0 unspecified atom stereocenters. The quantitative estimate of drug-likeness (QED) is 0.407. The summed E-state index contributed by atoms with van der Waals surface area (Å²) in [4.78, 5) is 50.1. The summed E-state index contributed by atoms with van der Waals surface area (Å²) in [5.74, 6) is -1.16. The van der Waals surface area contributed by atoms with Crippen molar-refractivity contribution in [3.8, 4) is 0 Å². The van der Waals surface area contributed by atoms with E-state index in [1.165, 1.54) is 34.4 Å². The number of nitro groups is 1. The highest BCUT2D eigenvalue weighted by Crippen LogP contribution is 2.38. The Morgan fingerprint density at radius 3 is 2.65 bits per heavy atom. The lowest BCUT2D eigenvalue weighted by molar-refractivity contribution is -0.384. The van der Waals surface area contributed by atoms with Crippen molar-refractivity contribution in [2.75, 3.05) is 25.1 Å². The number of fused-ring (bicyclic) bond motifs is 1. The number of anilines is 1. The Balaban J connectivity index is 1.92. The lowest BCUT2D eigenvalue weighted by atomic mass is 10.0. The van der Waals surface area contributed by atoms with Crippen molar-refractivity contribution in [2.24, 2.45) is 0 Å². The predicted octanol–water partition coefficient (Wildman–Crippen LogP) is 3.60. The van der Waals surface area contributed by atoms with Crippen LogP contribution in [0.4, 0.5) is 15.5 Å². The molecule has 0 saturated heterocycles. The van der Waals surface area contributed by atoms with Crippen molar-refractivity contribution in [3.05, 3.63) is 55.9 Å². The molecule has 2 heterocycles. The molecule has 31 heavy (non-hydrogen) atoms. The highest BCUT2D eigenvalue weighted by atomic mass is 32.1. The summed E-state index contributed by atoms with van der Waals surface area (Å²) in [6.45, 7) is 4.44. The van der Waals surface area contributed by atoms with Gasteiger partial charge >= 0.3 is 12.1 Å². The lowest BCUT2D eigenvalue weighted by Crippen LogP contribution is -2.36. The second kappa shape index (κ2) is 9.56. The molecule has 1 aliphatic rings. The first-order valence-corrected chi connectivity index (χ1v) is 10.5. The first-order valence-electron chi connectivity index (χ1n) is 9.64. The average Bonchev–Trinajstić information content (AvgIpc) is 3.11. The number of thiophene rings is 1. The van der Waals surface area contributed by atoms with E-state index < -0.39 is 22.9 Å². The van der Waals surface area contributed by atoms with Crippen LogP contribution in [0, 0.1) is 10.1 Å². The second-order valence-electron chi connectivity index (χ2n) is 6.56. The van der Waals surface area contributed by atoms with Gasteiger partial charge < -0.3 is 19.7 Å². The number of ether oxygens (including phenoxy) is 2. The molecule has 0 saturated carbocycles. The summed E-state index contributed by atoms with van der Waals surface area (Å²) in [7, 11) is 0. The maximum Gasteiger partial charge on any atom is 0.410 e. The normalized spacial score (nSPS) is 12.6. The average molecular weight is 447 g/mol. The number of hydrogen-bond acceptors (Lipinski definition) is 8. The van der Waals surface area contributed by atoms with Gasteiger partial charge in [-0.1, -0.05) is 6.07 Å². The van der Waals surface area contributed by atoms with E-state index in [9.17, 15) is 24.5 Å². The van der Waals surface area contributed by atoms with Crippen LogP contribution in [0.1, 0.15) is 45.0 Å². The van der Waals surface area contributed by atoms with Gasteiger partial charge in [0.15, 0.2) is 0 Å². The van der Waals surface area contributed by atoms with Gasteiger partial charge in [-0.15, -0.1) is 11.3 Å². The first-order chi connectivity index (χ1) is 14.8. The molecule has 0 bridgehead atoms. The zero-order chi connectivity index (χ0) is 22.5. The summed E-state index contributed by atoms with van der Waals surface area (Å²) in [6, 6.07) is 5.31. The fourth-order valence-electron chi connectivity index (χ4n) is 3.22. The Morgan fingerprint density at radius 2 is 1.97 bits per heavy atom. The van der Waals surface area contributed by atoms with Crippen molar-refractivity contribution in [2.45, 2.75) is 26.8 Å². The van der Waals surface area contributed by atoms with Crippen LogP contribution in [0.15, 0.2) is 24.3 Å². The minimum atomic E-state index is -0.589. The monoisotopic (exact) mass is 447 g/mol. The van der Waals surface area contributed by atoms with Crippen LogP contribution in [-0.2, 0) is 22.4 Å². The van der Waals surface area contributed by atoms with Crippen molar-refractivity contribution >= 4 is 40.0 Å². The fourth-order valence-corrected chi connectivity index (χ4v) is 4.46. The summed E-state index contributed by atoms with van der Waals surface area (Å²) < 4.78 is 10.2. The van der Waals surface area contributed by atoms with Crippen LogP contribution in [0.25, 0.3) is 0 Å². The molecule has 2 aromatic rings. The number of rotatable bonds is 6. The number of nitrogens with zero attached hydrogens (tertiary/aromatic N) is 2. The van der Waals surface area contributed by atoms with E-state index in [4.69, 9.17) is 9.47 Å². The van der Waals surface area contributed by atoms with E-state index in [0.717, 1.165) is 16.5 Å². The number of amides is 2. The van der Waals surface area contributed by atoms with E-state index >= 15 is 0 Å². The summed E-state index contributed by atoms with van der Waals surface area (Å²) >= 11 is 1.17. The van der Waals surface area contributed by atoms with Crippen LogP contribution < -0.4 is 5.32 Å². The fraction of sp³-hybridized carbons (Fsp3) is 0.350. The highest BCUT2D eigenvalue weighted by molar-refractivity contribution is 7.17. The van der Waals surface area contributed by atoms with E-state index in [1.807, 2.05) is 0 Å².